The molecule has 0 spiro atoms. The van der Waals surface area contributed by atoms with Crippen molar-refractivity contribution in [2.45, 2.75) is 38.9 Å². The minimum atomic E-state index is -3.78. The molecular weight excluding hydrogens is 450 g/mol. The van der Waals surface area contributed by atoms with Gasteiger partial charge in [0.05, 0.1) is 19.1 Å². The molecule has 1 fully saturated rings. The zero-order chi connectivity index (χ0) is 23.3. The third-order valence-electron chi connectivity index (χ3n) is 5.56. The van der Waals surface area contributed by atoms with Gasteiger partial charge in [-0.1, -0.05) is 35.9 Å². The van der Waals surface area contributed by atoms with Gasteiger partial charge in [-0.2, -0.15) is 0 Å². The first kappa shape index (κ1) is 24.4. The Morgan fingerprint density at radius 3 is 2.38 bits per heavy atom. The molecule has 1 saturated heterocycles. The van der Waals surface area contributed by atoms with Crippen molar-refractivity contribution >= 4 is 33.2 Å². The van der Waals surface area contributed by atoms with E-state index in [0.29, 0.717) is 17.3 Å². The number of ether oxygens (including phenoxy) is 1. The Morgan fingerprint density at radius 1 is 1.16 bits per heavy atom. The highest BCUT2D eigenvalue weighted by atomic mass is 35.5. The maximum absolute atomic E-state index is 12.9. The number of amides is 1. The van der Waals surface area contributed by atoms with Crippen LogP contribution < -0.4 is 14.4 Å². The molecule has 1 amide bonds. The minimum absolute atomic E-state index is 0.219. The van der Waals surface area contributed by atoms with Gasteiger partial charge in [0.25, 0.3) is 0 Å². The zero-order valence-electron chi connectivity index (χ0n) is 18.7. The van der Waals surface area contributed by atoms with Gasteiger partial charge >= 0.3 is 0 Å². The number of halogens is 1. The van der Waals surface area contributed by atoms with Crippen LogP contribution in [0.15, 0.2) is 42.5 Å². The van der Waals surface area contributed by atoms with Crippen molar-refractivity contribution in [1.82, 2.24) is 10.2 Å². The van der Waals surface area contributed by atoms with Crippen LogP contribution in [0.2, 0.25) is 5.02 Å². The van der Waals surface area contributed by atoms with Gasteiger partial charge < -0.3 is 10.1 Å². The fourth-order valence-corrected chi connectivity index (χ4v) is 5.25. The summed E-state index contributed by atoms with van der Waals surface area (Å²) in [4.78, 5) is 15.3. The Bertz CT molecular complexity index is 1040. The Hall–Kier alpha value is -2.29. The average molecular weight is 480 g/mol. The van der Waals surface area contributed by atoms with Crippen molar-refractivity contribution in [2.24, 2.45) is 0 Å². The highest BCUT2D eigenvalue weighted by Gasteiger charge is 2.31. The molecule has 1 heterocycles. The molecule has 0 saturated carbocycles. The van der Waals surface area contributed by atoms with E-state index in [1.165, 1.54) is 38.5 Å². The Balaban J connectivity index is 1.68. The third-order valence-corrected chi connectivity index (χ3v) is 7.02. The summed E-state index contributed by atoms with van der Waals surface area (Å²) >= 11 is 6.08. The summed E-state index contributed by atoms with van der Waals surface area (Å²) in [6, 6.07) is 11.8. The standard InChI is InChI=1S/C23H30ClN3O4S/c1-17(27(32(3,29)30)21-14-20(24)10-11-22(21)31-2)23(28)25-15-18-6-8-19(9-7-18)16-26-12-4-5-13-26/h6-11,14,17H,4-5,12-13,15-16H2,1-3H3,(H,25,28)/t17-/m1/s1. The lowest BCUT2D eigenvalue weighted by Gasteiger charge is -2.29. The predicted octanol–water partition coefficient (Wildman–Crippen LogP) is 3.42. The second-order valence-corrected chi connectivity index (χ2v) is 10.4. The molecule has 7 nitrogen and oxygen atoms in total. The zero-order valence-corrected chi connectivity index (χ0v) is 20.2. The van der Waals surface area contributed by atoms with E-state index in [1.807, 2.05) is 12.1 Å². The van der Waals surface area contributed by atoms with E-state index in [4.69, 9.17) is 16.3 Å². The first-order valence-electron chi connectivity index (χ1n) is 10.6. The molecule has 3 rings (SSSR count). The highest BCUT2D eigenvalue weighted by Crippen LogP contribution is 2.34. The number of likely N-dealkylation sites (tertiary alicyclic amines) is 1. The van der Waals surface area contributed by atoms with Gasteiger partial charge in [-0.25, -0.2) is 8.42 Å². The lowest BCUT2D eigenvalue weighted by Crippen LogP contribution is -2.47. The fraction of sp³-hybridized carbons (Fsp3) is 0.435. The van der Waals surface area contributed by atoms with Crippen LogP contribution >= 0.6 is 11.6 Å². The van der Waals surface area contributed by atoms with Crippen molar-refractivity contribution in [1.29, 1.82) is 0 Å². The molecule has 0 aromatic heterocycles. The van der Waals surface area contributed by atoms with Gasteiger partial charge in [0.15, 0.2) is 0 Å². The molecule has 1 atom stereocenters. The molecule has 2 aromatic carbocycles. The first-order chi connectivity index (χ1) is 15.2. The number of carbonyl (C=O) groups is 1. The maximum Gasteiger partial charge on any atom is 0.243 e. The molecular formula is C23H30ClN3O4S. The number of nitrogens with zero attached hydrogens (tertiary/aromatic N) is 2. The van der Waals surface area contributed by atoms with Crippen LogP contribution in [-0.2, 0) is 27.9 Å². The van der Waals surface area contributed by atoms with Crippen LogP contribution in [0.5, 0.6) is 5.75 Å². The summed E-state index contributed by atoms with van der Waals surface area (Å²) in [6.07, 6.45) is 3.57. The molecule has 9 heteroatoms. The summed E-state index contributed by atoms with van der Waals surface area (Å²) in [5.41, 5.74) is 2.41. The quantitative estimate of drug-likeness (QED) is 0.596. The summed E-state index contributed by atoms with van der Waals surface area (Å²) < 4.78 is 31.4. The predicted molar refractivity (Wildman–Crippen MR) is 128 cm³/mol. The molecule has 2 aromatic rings. The highest BCUT2D eigenvalue weighted by molar-refractivity contribution is 7.92. The van der Waals surface area contributed by atoms with Crippen molar-refractivity contribution < 1.29 is 17.9 Å². The third kappa shape index (κ3) is 6.15. The van der Waals surface area contributed by atoms with E-state index in [-0.39, 0.29) is 5.69 Å². The van der Waals surface area contributed by atoms with E-state index in [2.05, 4.69) is 22.3 Å². The van der Waals surface area contributed by atoms with Crippen molar-refractivity contribution in [3.05, 3.63) is 58.6 Å². The van der Waals surface area contributed by atoms with Crippen molar-refractivity contribution in [3.8, 4) is 5.75 Å². The average Bonchev–Trinajstić information content (AvgIpc) is 3.25. The number of hydrogen-bond acceptors (Lipinski definition) is 5. The van der Waals surface area contributed by atoms with Gasteiger partial charge in [0, 0.05) is 18.1 Å². The number of nitrogens with one attached hydrogen (secondary N) is 1. The number of carbonyl (C=O) groups excluding carboxylic acids is 1. The van der Waals surface area contributed by atoms with E-state index < -0.39 is 22.0 Å². The Morgan fingerprint density at radius 2 is 1.78 bits per heavy atom. The maximum atomic E-state index is 12.9. The molecule has 1 N–H and O–H groups in total. The molecule has 1 aliphatic rings. The molecule has 174 valence electrons. The van der Waals surface area contributed by atoms with Crippen LogP contribution in [0.25, 0.3) is 0 Å². The smallest absolute Gasteiger partial charge is 0.243 e. The van der Waals surface area contributed by atoms with Crippen LogP contribution in [0.1, 0.15) is 30.9 Å². The van der Waals surface area contributed by atoms with E-state index in [1.54, 1.807) is 12.1 Å². The largest absolute Gasteiger partial charge is 0.495 e. The van der Waals surface area contributed by atoms with Gasteiger partial charge in [0.2, 0.25) is 15.9 Å². The summed E-state index contributed by atoms with van der Waals surface area (Å²) in [5, 5.41) is 3.18. The topological polar surface area (TPSA) is 79.0 Å². The lowest BCUT2D eigenvalue weighted by atomic mass is 10.1. The number of anilines is 1. The molecule has 0 radical (unpaired) electrons. The summed E-state index contributed by atoms with van der Waals surface area (Å²) in [5.74, 6) is -0.105. The van der Waals surface area contributed by atoms with E-state index in [9.17, 15) is 13.2 Å². The number of sulfonamides is 1. The van der Waals surface area contributed by atoms with E-state index in [0.717, 1.165) is 35.8 Å². The van der Waals surface area contributed by atoms with Crippen LogP contribution in [0.3, 0.4) is 0 Å². The first-order valence-corrected chi connectivity index (χ1v) is 12.8. The lowest BCUT2D eigenvalue weighted by molar-refractivity contribution is -0.122. The monoisotopic (exact) mass is 479 g/mol. The number of rotatable bonds is 9. The number of methoxy groups -OCH3 is 1. The fourth-order valence-electron chi connectivity index (χ4n) is 3.91. The second-order valence-electron chi connectivity index (χ2n) is 8.07. The van der Waals surface area contributed by atoms with Gasteiger partial charge in [-0.05, 0) is 62.2 Å². The molecule has 0 unspecified atom stereocenters. The summed E-state index contributed by atoms with van der Waals surface area (Å²) in [7, 11) is -2.35. The van der Waals surface area contributed by atoms with E-state index >= 15 is 0 Å². The summed E-state index contributed by atoms with van der Waals surface area (Å²) in [6.45, 7) is 5.07. The Kier molecular flexibility index (Phi) is 8.03. The number of benzene rings is 2. The van der Waals surface area contributed by atoms with Gasteiger partial charge in [0.1, 0.15) is 11.8 Å². The van der Waals surface area contributed by atoms with Gasteiger partial charge in [-0.15, -0.1) is 0 Å². The van der Waals surface area contributed by atoms with Gasteiger partial charge in [-0.3, -0.25) is 14.0 Å². The van der Waals surface area contributed by atoms with Crippen LogP contribution in [0.4, 0.5) is 5.69 Å². The molecule has 1 aliphatic heterocycles. The van der Waals surface area contributed by atoms with Crippen molar-refractivity contribution in [3.63, 3.8) is 0 Å². The van der Waals surface area contributed by atoms with Crippen molar-refractivity contribution in [2.75, 3.05) is 30.8 Å². The SMILES string of the molecule is COc1ccc(Cl)cc1N([C@H](C)C(=O)NCc1ccc(CN2CCCC2)cc1)S(C)(=O)=O. The normalized spacial score (nSPS) is 15.4. The second kappa shape index (κ2) is 10.6. The molecule has 0 bridgehead atoms. The Labute approximate surface area is 195 Å². The molecule has 32 heavy (non-hydrogen) atoms. The van der Waals surface area contributed by atoms with Crippen LogP contribution in [-0.4, -0.2) is 51.7 Å². The minimum Gasteiger partial charge on any atom is -0.495 e. The molecule has 0 aliphatic carbocycles. The number of hydrogen-bond donors (Lipinski definition) is 1. The van der Waals surface area contributed by atoms with Crippen LogP contribution in [0, 0.1) is 0 Å².